The van der Waals surface area contributed by atoms with E-state index < -0.39 is 0 Å². The van der Waals surface area contributed by atoms with Crippen LogP contribution in [0.1, 0.15) is 99.3 Å². The number of hydrogen-bond donors (Lipinski definition) is 0. The Morgan fingerprint density at radius 2 is 0.690 bits per heavy atom. The van der Waals surface area contributed by atoms with Crippen molar-refractivity contribution in [2.45, 2.75) is 103 Å². The van der Waals surface area contributed by atoms with E-state index in [4.69, 9.17) is 33.9 Å². The molecule has 5 heterocycles. The summed E-state index contributed by atoms with van der Waals surface area (Å²) in [7, 11) is 0. The zero-order valence-electron chi connectivity index (χ0n) is 33.8. The molecule has 4 aliphatic rings. The molecule has 58 heavy (non-hydrogen) atoms. The van der Waals surface area contributed by atoms with E-state index in [1.165, 1.54) is 22.3 Å². The fraction of sp³-hybridized carbons (Fsp3) is 0.392. The standard InChI is InChI=1S/C51H55N3O4/c1-2-6-10-14-32-56-43-20-18-22-45-47(43)41-30-28-37-24-26-39-35-38-25-23-36-27-29-40(52-48(36)50(38)54-51(39)49(37)53-41)46-42(55-31-13-9-5-1)19-17-21-44(46)57-33-15-11-7-3-4-8-12-16-34-58-45/h1-4,17-22,27-30,35H,5-16,23-26,31-34H2/b2-1+,4-3+. The third-order valence-electron chi connectivity index (χ3n) is 11.8. The maximum Gasteiger partial charge on any atom is 0.132 e. The molecule has 2 aromatic carbocycles. The van der Waals surface area contributed by atoms with Gasteiger partial charge in [0.25, 0.3) is 0 Å². The second-order valence-corrected chi connectivity index (χ2v) is 16.0. The average molecular weight is 774 g/mol. The first-order valence-electron chi connectivity index (χ1n) is 21.9. The first-order chi connectivity index (χ1) is 28.8. The van der Waals surface area contributed by atoms with Gasteiger partial charge in [0.15, 0.2) is 0 Å². The molecule has 0 spiro atoms. The molecule has 0 saturated heterocycles. The molecule has 7 heteroatoms. The third-order valence-corrected chi connectivity index (χ3v) is 11.8. The van der Waals surface area contributed by atoms with E-state index in [1.54, 1.807) is 0 Å². The smallest absolute Gasteiger partial charge is 0.132 e. The molecule has 0 amide bonds. The van der Waals surface area contributed by atoms with Crippen LogP contribution in [0, 0.1) is 0 Å². The van der Waals surface area contributed by atoms with Crippen LogP contribution in [0.3, 0.4) is 0 Å². The molecule has 0 radical (unpaired) electrons. The lowest BCUT2D eigenvalue weighted by Crippen LogP contribution is -2.14. The topological polar surface area (TPSA) is 75.6 Å². The Morgan fingerprint density at radius 1 is 0.345 bits per heavy atom. The highest BCUT2D eigenvalue weighted by Crippen LogP contribution is 2.44. The van der Waals surface area contributed by atoms with Gasteiger partial charge in [-0.15, -0.1) is 0 Å². The summed E-state index contributed by atoms with van der Waals surface area (Å²) in [6, 6.07) is 23.5. The van der Waals surface area contributed by atoms with Gasteiger partial charge in [-0.3, -0.25) is 0 Å². The van der Waals surface area contributed by atoms with Gasteiger partial charge in [0.05, 0.1) is 71.7 Å². The molecule has 2 aliphatic heterocycles. The third kappa shape index (κ3) is 8.55. The summed E-state index contributed by atoms with van der Waals surface area (Å²) in [4.78, 5) is 16.4. The lowest BCUT2D eigenvalue weighted by atomic mass is 9.86. The largest absolute Gasteiger partial charge is 0.493 e. The van der Waals surface area contributed by atoms with E-state index in [2.05, 4.69) is 78.9 Å². The van der Waals surface area contributed by atoms with Gasteiger partial charge in [-0.1, -0.05) is 54.6 Å². The summed E-state index contributed by atoms with van der Waals surface area (Å²) in [6.07, 6.45) is 25.3. The molecule has 5 aromatic rings. The molecular formula is C51H55N3O4. The summed E-state index contributed by atoms with van der Waals surface area (Å²) < 4.78 is 26.3. The van der Waals surface area contributed by atoms with Crippen LogP contribution in [0.15, 0.2) is 91.0 Å². The first-order valence-corrected chi connectivity index (χ1v) is 21.9. The van der Waals surface area contributed by atoms with E-state index >= 15 is 0 Å². The molecule has 0 fully saturated rings. The number of rotatable bonds is 0. The highest BCUT2D eigenvalue weighted by molar-refractivity contribution is 5.81. The lowest BCUT2D eigenvalue weighted by Gasteiger charge is -2.25. The molecule has 9 rings (SSSR count). The van der Waals surface area contributed by atoms with Crippen LogP contribution in [-0.2, 0) is 25.7 Å². The van der Waals surface area contributed by atoms with Gasteiger partial charge in [-0.05, 0) is 161 Å². The van der Waals surface area contributed by atoms with Crippen LogP contribution in [0.25, 0.3) is 45.3 Å². The molecule has 0 saturated carbocycles. The van der Waals surface area contributed by atoms with Crippen molar-refractivity contribution >= 4 is 0 Å². The molecule has 298 valence electrons. The number of aromatic nitrogens is 3. The minimum atomic E-state index is 0.637. The number of pyridine rings is 3. The fourth-order valence-corrected chi connectivity index (χ4v) is 8.67. The van der Waals surface area contributed by atoms with E-state index in [1.807, 2.05) is 12.1 Å². The minimum absolute atomic E-state index is 0.637. The Bertz CT molecular complexity index is 2070. The summed E-state index contributed by atoms with van der Waals surface area (Å²) in [5.74, 6) is 3.27. The van der Waals surface area contributed by atoms with Crippen molar-refractivity contribution in [1.29, 1.82) is 0 Å². The van der Waals surface area contributed by atoms with E-state index in [0.717, 1.165) is 171 Å². The van der Waals surface area contributed by atoms with Gasteiger partial charge in [0, 0.05) is 0 Å². The summed E-state index contributed by atoms with van der Waals surface area (Å²) in [6.45, 7) is 2.55. The average Bonchev–Trinajstić information content (AvgIpc) is 3.25. The van der Waals surface area contributed by atoms with Crippen molar-refractivity contribution in [2.24, 2.45) is 0 Å². The Hall–Kier alpha value is -5.43. The highest BCUT2D eigenvalue weighted by Gasteiger charge is 2.28. The first kappa shape index (κ1) is 38.1. The maximum atomic E-state index is 6.58. The number of allylic oxidation sites excluding steroid dienone is 4. The molecule has 7 nitrogen and oxygen atoms in total. The zero-order chi connectivity index (χ0) is 38.9. The Labute approximate surface area is 343 Å². The molecule has 0 unspecified atom stereocenters. The van der Waals surface area contributed by atoms with Gasteiger partial charge in [-0.25, -0.2) is 15.0 Å². The molecule has 0 atom stereocenters. The van der Waals surface area contributed by atoms with Crippen LogP contribution in [0.2, 0.25) is 0 Å². The summed E-state index contributed by atoms with van der Waals surface area (Å²) >= 11 is 0. The van der Waals surface area contributed by atoms with Crippen LogP contribution >= 0.6 is 0 Å². The Balaban J connectivity index is 1.19. The van der Waals surface area contributed by atoms with Crippen molar-refractivity contribution in [3.8, 4) is 68.3 Å². The second kappa shape index (κ2) is 18.4. The normalized spacial score (nSPS) is 18.5. The minimum Gasteiger partial charge on any atom is -0.493 e. The fourth-order valence-electron chi connectivity index (χ4n) is 8.67. The van der Waals surface area contributed by atoms with E-state index in [9.17, 15) is 0 Å². The van der Waals surface area contributed by atoms with E-state index in [0.29, 0.717) is 26.4 Å². The SMILES string of the molecule is C1=C/CCCCOc2cccc3c2-c2ccc4c(n2)-c2nc5c(cc2CC4)CCc2ccc(nc2-5)-c2c(cccc2OCCCC/C=C/CCCCO3)OCCCC/1. The van der Waals surface area contributed by atoms with Crippen LogP contribution in [0.5, 0.6) is 23.0 Å². The molecule has 3 aromatic heterocycles. The van der Waals surface area contributed by atoms with E-state index in [-0.39, 0.29) is 0 Å². The quantitative estimate of drug-likeness (QED) is 0.145. The van der Waals surface area contributed by atoms with Crippen LogP contribution in [-0.4, -0.2) is 41.4 Å². The predicted molar refractivity (Wildman–Crippen MR) is 232 cm³/mol. The number of ether oxygens (including phenoxy) is 4. The van der Waals surface area contributed by atoms with Gasteiger partial charge in [-0.2, -0.15) is 0 Å². The van der Waals surface area contributed by atoms with Crippen molar-refractivity contribution in [3.05, 3.63) is 113 Å². The maximum absolute atomic E-state index is 6.58. The number of benzene rings is 2. The van der Waals surface area contributed by atoms with Crippen molar-refractivity contribution < 1.29 is 18.9 Å². The number of nitrogens with zero attached hydrogens (tertiary/aromatic N) is 3. The molecule has 0 N–H and O–H groups in total. The second-order valence-electron chi connectivity index (χ2n) is 16.0. The van der Waals surface area contributed by atoms with Gasteiger partial charge >= 0.3 is 0 Å². The summed E-state index contributed by atoms with van der Waals surface area (Å²) in [5.41, 5.74) is 12.3. The van der Waals surface area contributed by atoms with Crippen LogP contribution < -0.4 is 18.9 Å². The number of hydrogen-bond acceptors (Lipinski definition) is 7. The van der Waals surface area contributed by atoms with Crippen molar-refractivity contribution in [2.75, 3.05) is 26.4 Å². The zero-order valence-corrected chi connectivity index (χ0v) is 33.8. The van der Waals surface area contributed by atoms with Gasteiger partial charge < -0.3 is 18.9 Å². The van der Waals surface area contributed by atoms with Crippen molar-refractivity contribution in [3.63, 3.8) is 0 Å². The molecular weight excluding hydrogens is 719 g/mol. The predicted octanol–water partition coefficient (Wildman–Crippen LogP) is 12.1. The number of aryl methyl sites for hydroxylation is 4. The molecule has 2 aliphatic carbocycles. The summed E-state index contributed by atoms with van der Waals surface area (Å²) in [5, 5.41) is 0. The van der Waals surface area contributed by atoms with Crippen molar-refractivity contribution in [1.82, 2.24) is 15.0 Å². The molecule has 8 bridgehead atoms. The highest BCUT2D eigenvalue weighted by atomic mass is 16.5. The lowest BCUT2D eigenvalue weighted by molar-refractivity contribution is 0.293. The van der Waals surface area contributed by atoms with Gasteiger partial charge in [0.2, 0.25) is 0 Å². The Kier molecular flexibility index (Phi) is 12.1. The monoisotopic (exact) mass is 773 g/mol. The van der Waals surface area contributed by atoms with Gasteiger partial charge in [0.1, 0.15) is 23.0 Å². The Morgan fingerprint density at radius 3 is 1.07 bits per heavy atom. The van der Waals surface area contributed by atoms with Crippen LogP contribution in [0.4, 0.5) is 0 Å².